The van der Waals surface area contributed by atoms with Gasteiger partial charge in [-0.05, 0) is 142 Å². The molecule has 2 heterocycles. The smallest absolute Gasteiger partial charge is 0.183 e. The molecule has 1 aromatic rings. The van der Waals surface area contributed by atoms with Crippen LogP contribution in [-0.4, -0.2) is 71.4 Å². The zero-order chi connectivity index (χ0) is 52.6. The van der Waals surface area contributed by atoms with Gasteiger partial charge in [-0.15, -0.1) is 0 Å². The largest absolute Gasteiger partial charge is 0.379 e. The van der Waals surface area contributed by atoms with Gasteiger partial charge in [0, 0.05) is 41.1 Å². The van der Waals surface area contributed by atoms with E-state index in [2.05, 4.69) is 126 Å². The van der Waals surface area contributed by atoms with Crippen molar-refractivity contribution in [3.63, 3.8) is 0 Å². The zero-order valence-electron chi connectivity index (χ0n) is 49.0. The number of ether oxygens (including phenoxy) is 7. The van der Waals surface area contributed by atoms with Crippen LogP contribution < -0.4 is 0 Å². The molecule has 1 aromatic carbocycles. The summed E-state index contributed by atoms with van der Waals surface area (Å²) in [6.45, 7) is 36.6. The molecule has 0 spiro atoms. The van der Waals surface area contributed by atoms with Crippen LogP contribution in [0.5, 0.6) is 0 Å². The van der Waals surface area contributed by atoms with Gasteiger partial charge < -0.3 is 33.2 Å². The molecular formula is C61H116O7. The Kier molecular flexibility index (Phi) is 45.5. The van der Waals surface area contributed by atoms with E-state index in [1.54, 1.807) is 35.5 Å². The number of hydrogen-bond donors (Lipinski definition) is 0. The molecule has 402 valence electrons. The minimum Gasteiger partial charge on any atom is -0.379 e. The SMILES string of the molecule is CC/C=C\CC.CC1C=CC(C)CC1.CC1C=CC(C)O1.CC1CCC(C)C1.CC1CCC(C)CC1.CC1CCC(C)O1.CCC(C)(C)OC.COC(C)(C)OC.COC(OC)c1ccccc1. The first-order chi connectivity index (χ1) is 32.0. The highest BCUT2D eigenvalue weighted by Crippen LogP contribution is 2.29. The van der Waals surface area contributed by atoms with Crippen molar-refractivity contribution in [1.82, 2.24) is 0 Å². The first-order valence-corrected chi connectivity index (χ1v) is 27.1. The van der Waals surface area contributed by atoms with Gasteiger partial charge in [0.25, 0.3) is 0 Å². The third-order valence-electron chi connectivity index (χ3n) is 13.2. The Bertz CT molecular complexity index is 1200. The summed E-state index contributed by atoms with van der Waals surface area (Å²) in [6, 6.07) is 9.82. The lowest BCUT2D eigenvalue weighted by Gasteiger charge is -2.22. The molecule has 7 heteroatoms. The molecule has 2 saturated carbocycles. The summed E-state index contributed by atoms with van der Waals surface area (Å²) < 4.78 is 35.6. The summed E-state index contributed by atoms with van der Waals surface area (Å²) in [4.78, 5) is 0. The van der Waals surface area contributed by atoms with E-state index in [0.29, 0.717) is 24.4 Å². The molecule has 3 aliphatic carbocycles. The Balaban J connectivity index is -0.000000703. The predicted molar refractivity (Wildman–Crippen MR) is 296 cm³/mol. The lowest BCUT2D eigenvalue weighted by atomic mass is 9.84. The zero-order valence-corrected chi connectivity index (χ0v) is 49.0. The third kappa shape index (κ3) is 44.1. The van der Waals surface area contributed by atoms with Crippen LogP contribution in [0.3, 0.4) is 0 Å². The third-order valence-corrected chi connectivity index (χ3v) is 13.2. The van der Waals surface area contributed by atoms with Crippen LogP contribution >= 0.6 is 0 Å². The number of allylic oxidation sites excluding steroid dienone is 4. The second-order valence-corrected chi connectivity index (χ2v) is 21.2. The van der Waals surface area contributed by atoms with Gasteiger partial charge >= 0.3 is 0 Å². The standard InChI is InChI=1S/C9H12O2.C8H16.C8H14.C7H14.C6H12O.C6H10O.C6H14O.C6H12.C5H12O2/c1-10-9(11-2)8-6-4-3-5-7-8;2*1-7-3-5-8(2)6-4-7;1-6-3-4-7(2)5-6;2*1-5-3-4-6(2)7-5;1-5-6(2,3)7-4;1-3-5-6-4-2;1-5(2,6-3)7-4/h3-7,9H,1-2H3;7-8H,3-6H2,1-2H3;3,5,7-8H,4,6H2,1-2H3;6-7H,3-5H2,1-2H3;5-6H,3-4H2,1-2H3;3-6H,1-2H3;5H2,1-4H3;5-6H,3-4H2,1-2H3;1-4H3/b;;;;;;;6-5-;. The highest BCUT2D eigenvalue weighted by atomic mass is 16.7. The first-order valence-electron chi connectivity index (χ1n) is 27.1. The van der Waals surface area contributed by atoms with Crippen LogP contribution in [0.4, 0.5) is 0 Å². The van der Waals surface area contributed by atoms with E-state index in [0.717, 1.165) is 47.5 Å². The topological polar surface area (TPSA) is 64.6 Å². The molecule has 2 aliphatic heterocycles. The molecule has 8 unspecified atom stereocenters. The quantitative estimate of drug-likeness (QED) is 0.180. The van der Waals surface area contributed by atoms with E-state index in [4.69, 9.17) is 33.2 Å². The summed E-state index contributed by atoms with van der Waals surface area (Å²) >= 11 is 0. The van der Waals surface area contributed by atoms with Crippen molar-refractivity contribution in [2.45, 2.75) is 250 Å². The molecule has 6 rings (SSSR count). The van der Waals surface area contributed by atoms with E-state index in [9.17, 15) is 0 Å². The van der Waals surface area contributed by atoms with E-state index in [1.807, 2.05) is 58.0 Å². The van der Waals surface area contributed by atoms with Gasteiger partial charge in [-0.25, -0.2) is 0 Å². The molecule has 7 nitrogen and oxygen atoms in total. The maximum atomic E-state index is 5.36. The molecule has 0 N–H and O–H groups in total. The summed E-state index contributed by atoms with van der Waals surface area (Å²) in [5.41, 5.74) is 1.12. The van der Waals surface area contributed by atoms with Gasteiger partial charge in [0.2, 0.25) is 0 Å². The molecule has 0 bridgehead atoms. The van der Waals surface area contributed by atoms with E-state index in [-0.39, 0.29) is 11.9 Å². The fourth-order valence-corrected chi connectivity index (χ4v) is 7.30. The van der Waals surface area contributed by atoms with Crippen LogP contribution in [0, 0.1) is 35.5 Å². The molecule has 0 radical (unpaired) electrons. The number of hydrogen-bond acceptors (Lipinski definition) is 7. The fraction of sp³-hybridized carbons (Fsp3) is 0.803. The Morgan fingerprint density at radius 3 is 1.07 bits per heavy atom. The average Bonchev–Trinajstić information content (AvgIpc) is 4.05. The summed E-state index contributed by atoms with van der Waals surface area (Å²) in [5, 5.41) is 0. The molecule has 8 atom stereocenters. The van der Waals surface area contributed by atoms with Gasteiger partial charge in [0.15, 0.2) is 12.1 Å². The summed E-state index contributed by atoms with van der Waals surface area (Å²) in [5.74, 6) is 5.35. The number of benzene rings is 1. The van der Waals surface area contributed by atoms with E-state index in [1.165, 1.54) is 83.5 Å². The Morgan fingerprint density at radius 2 is 0.882 bits per heavy atom. The van der Waals surface area contributed by atoms with Crippen LogP contribution in [0.25, 0.3) is 0 Å². The lowest BCUT2D eigenvalue weighted by molar-refractivity contribution is -0.178. The minimum absolute atomic E-state index is 0.0833. The second-order valence-electron chi connectivity index (χ2n) is 21.2. The van der Waals surface area contributed by atoms with Crippen LogP contribution in [-0.2, 0) is 33.2 Å². The highest BCUT2D eigenvalue weighted by Gasteiger charge is 2.17. The normalized spacial score (nSPS) is 26.9. The Morgan fingerprint density at radius 1 is 0.500 bits per heavy atom. The maximum absolute atomic E-state index is 5.36. The Hall–Kier alpha value is -1.84. The fourth-order valence-electron chi connectivity index (χ4n) is 7.30. The molecule has 5 aliphatic rings. The van der Waals surface area contributed by atoms with Gasteiger partial charge in [-0.3, -0.25) is 0 Å². The summed E-state index contributed by atoms with van der Waals surface area (Å²) in [7, 11) is 8.22. The molecule has 0 amide bonds. The number of methoxy groups -OCH3 is 5. The monoisotopic (exact) mass is 961 g/mol. The van der Waals surface area contributed by atoms with Crippen molar-refractivity contribution in [2.75, 3.05) is 35.5 Å². The Labute approximate surface area is 424 Å². The van der Waals surface area contributed by atoms with Crippen molar-refractivity contribution >= 4 is 0 Å². The molecule has 1 saturated heterocycles. The second kappa shape index (κ2) is 43.9. The molecule has 0 aromatic heterocycles. The molecule has 68 heavy (non-hydrogen) atoms. The van der Waals surface area contributed by atoms with Crippen LogP contribution in [0.1, 0.15) is 219 Å². The first kappa shape index (κ1) is 70.4. The number of rotatable bonds is 9. The van der Waals surface area contributed by atoms with Gasteiger partial charge in [0.1, 0.15) is 0 Å². The van der Waals surface area contributed by atoms with Gasteiger partial charge in [0.05, 0.1) is 30.0 Å². The van der Waals surface area contributed by atoms with Crippen molar-refractivity contribution in [1.29, 1.82) is 0 Å². The van der Waals surface area contributed by atoms with Crippen molar-refractivity contribution in [3.05, 3.63) is 72.4 Å². The summed E-state index contributed by atoms with van der Waals surface area (Å²) in [6.07, 6.45) is 33.7. The van der Waals surface area contributed by atoms with Gasteiger partial charge in [-0.1, -0.05) is 168 Å². The highest BCUT2D eigenvalue weighted by molar-refractivity contribution is 5.15. The van der Waals surface area contributed by atoms with E-state index >= 15 is 0 Å². The van der Waals surface area contributed by atoms with E-state index < -0.39 is 5.79 Å². The minimum atomic E-state index is -0.417. The van der Waals surface area contributed by atoms with Crippen molar-refractivity contribution in [2.24, 2.45) is 35.5 Å². The maximum Gasteiger partial charge on any atom is 0.183 e. The lowest BCUT2D eigenvalue weighted by Crippen LogP contribution is -2.24. The van der Waals surface area contributed by atoms with Crippen LogP contribution in [0.2, 0.25) is 0 Å². The molecule has 3 fully saturated rings. The van der Waals surface area contributed by atoms with Gasteiger partial charge in [-0.2, -0.15) is 0 Å². The van der Waals surface area contributed by atoms with Crippen molar-refractivity contribution < 1.29 is 33.2 Å². The van der Waals surface area contributed by atoms with Crippen LogP contribution in [0.15, 0.2) is 66.8 Å². The average molecular weight is 962 g/mol. The van der Waals surface area contributed by atoms with Crippen molar-refractivity contribution in [3.8, 4) is 0 Å². The molecular weight excluding hydrogens is 845 g/mol. The predicted octanol–water partition coefficient (Wildman–Crippen LogP) is 18.0.